The number of ether oxygens (including phenoxy) is 1. The Morgan fingerprint density at radius 1 is 1.42 bits per heavy atom. The second-order valence-corrected chi connectivity index (χ2v) is 5.93. The molecule has 0 amide bonds. The van der Waals surface area contributed by atoms with Crippen molar-refractivity contribution in [2.75, 3.05) is 19.0 Å². The third-order valence-electron chi connectivity index (χ3n) is 3.64. The monoisotopic (exact) mass is 279 g/mol. The zero-order chi connectivity index (χ0) is 13.8. The van der Waals surface area contributed by atoms with Gasteiger partial charge in [-0.2, -0.15) is 0 Å². The molecule has 3 heteroatoms. The molecular formula is C16H22ClNO. The molecule has 0 aromatic heterocycles. The Labute approximate surface area is 120 Å². The second kappa shape index (κ2) is 6.33. The van der Waals surface area contributed by atoms with E-state index in [1.54, 1.807) is 7.11 Å². The molecule has 0 fully saturated rings. The molecule has 1 aromatic carbocycles. The second-order valence-electron chi connectivity index (χ2n) is 5.52. The normalized spacial score (nSPS) is 22.8. The van der Waals surface area contributed by atoms with Gasteiger partial charge in [0, 0.05) is 12.6 Å². The number of hydrogen-bond acceptors (Lipinski definition) is 2. The Balaban J connectivity index is 1.97. The van der Waals surface area contributed by atoms with Crippen LogP contribution in [-0.2, 0) is 0 Å². The molecule has 2 nitrogen and oxygen atoms in total. The van der Waals surface area contributed by atoms with E-state index in [1.165, 1.54) is 18.4 Å². The molecule has 0 aliphatic heterocycles. The van der Waals surface area contributed by atoms with Crippen LogP contribution in [0.3, 0.4) is 0 Å². The van der Waals surface area contributed by atoms with Crippen molar-refractivity contribution in [2.45, 2.75) is 26.7 Å². The Morgan fingerprint density at radius 3 is 2.89 bits per heavy atom. The summed E-state index contributed by atoms with van der Waals surface area (Å²) < 4.78 is 5.23. The fourth-order valence-electron chi connectivity index (χ4n) is 2.86. The van der Waals surface area contributed by atoms with E-state index < -0.39 is 0 Å². The van der Waals surface area contributed by atoms with E-state index in [0.717, 1.165) is 23.0 Å². The van der Waals surface area contributed by atoms with E-state index in [1.807, 2.05) is 18.2 Å². The molecule has 2 unspecified atom stereocenters. The van der Waals surface area contributed by atoms with Crippen molar-refractivity contribution in [1.82, 2.24) is 0 Å². The number of hydrogen-bond donors (Lipinski definition) is 1. The van der Waals surface area contributed by atoms with Gasteiger partial charge >= 0.3 is 0 Å². The van der Waals surface area contributed by atoms with Crippen LogP contribution in [0.5, 0.6) is 5.75 Å². The molecule has 1 aliphatic carbocycles. The molecule has 1 N–H and O–H groups in total. The van der Waals surface area contributed by atoms with Gasteiger partial charge in [0.1, 0.15) is 5.75 Å². The molecule has 0 spiro atoms. The summed E-state index contributed by atoms with van der Waals surface area (Å²) in [7, 11) is 1.67. The predicted octanol–water partition coefficient (Wildman–Crippen LogP) is 4.75. The summed E-state index contributed by atoms with van der Waals surface area (Å²) in [5.41, 5.74) is 2.46. The lowest BCUT2D eigenvalue weighted by Crippen LogP contribution is -2.20. The zero-order valence-corrected chi connectivity index (χ0v) is 12.6. The third kappa shape index (κ3) is 3.90. The molecule has 0 bridgehead atoms. The molecule has 2 rings (SSSR count). The number of rotatable bonds is 4. The lowest BCUT2D eigenvalue weighted by Gasteiger charge is -2.26. The number of methoxy groups -OCH3 is 1. The van der Waals surface area contributed by atoms with Crippen LogP contribution >= 0.6 is 11.6 Å². The lowest BCUT2D eigenvalue weighted by molar-refractivity contribution is 0.414. The van der Waals surface area contributed by atoms with Crippen molar-refractivity contribution >= 4 is 17.3 Å². The van der Waals surface area contributed by atoms with E-state index in [-0.39, 0.29) is 0 Å². The molecular weight excluding hydrogens is 258 g/mol. The molecule has 0 saturated heterocycles. The van der Waals surface area contributed by atoms with Crippen LogP contribution in [0.2, 0.25) is 5.02 Å². The minimum Gasteiger partial charge on any atom is -0.497 e. The van der Waals surface area contributed by atoms with Crippen LogP contribution in [-0.4, -0.2) is 13.7 Å². The maximum Gasteiger partial charge on any atom is 0.121 e. The first-order valence-corrected chi connectivity index (χ1v) is 7.21. The SMILES string of the molecule is COc1ccc(Cl)c(NCC2CC(C)=CC(C)C2)c1. The molecule has 1 aromatic rings. The highest BCUT2D eigenvalue weighted by atomic mass is 35.5. The van der Waals surface area contributed by atoms with Gasteiger partial charge in [0.2, 0.25) is 0 Å². The van der Waals surface area contributed by atoms with Gasteiger partial charge in [-0.25, -0.2) is 0 Å². The highest BCUT2D eigenvalue weighted by molar-refractivity contribution is 6.33. The van der Waals surface area contributed by atoms with Gasteiger partial charge in [0.05, 0.1) is 17.8 Å². The van der Waals surface area contributed by atoms with Crippen LogP contribution in [0.15, 0.2) is 29.8 Å². The van der Waals surface area contributed by atoms with Crippen molar-refractivity contribution in [3.63, 3.8) is 0 Å². The fraction of sp³-hybridized carbons (Fsp3) is 0.500. The van der Waals surface area contributed by atoms with Gasteiger partial charge in [-0.15, -0.1) is 0 Å². The summed E-state index contributed by atoms with van der Waals surface area (Å²) in [6, 6.07) is 5.71. The standard InChI is InChI=1S/C16H22ClNO/c1-11-6-12(2)8-13(7-11)10-18-16-9-14(19-3)4-5-15(16)17/h4-6,9,11,13,18H,7-8,10H2,1-3H3. The van der Waals surface area contributed by atoms with Gasteiger partial charge in [-0.3, -0.25) is 0 Å². The molecule has 0 saturated carbocycles. The summed E-state index contributed by atoms with van der Waals surface area (Å²) in [5, 5.41) is 4.21. The average molecular weight is 280 g/mol. The van der Waals surface area contributed by atoms with Crippen LogP contribution in [0.25, 0.3) is 0 Å². The van der Waals surface area contributed by atoms with Crippen molar-refractivity contribution in [2.24, 2.45) is 11.8 Å². The molecule has 19 heavy (non-hydrogen) atoms. The maximum absolute atomic E-state index is 6.20. The highest BCUT2D eigenvalue weighted by Crippen LogP contribution is 2.30. The molecule has 104 valence electrons. The summed E-state index contributed by atoms with van der Waals surface area (Å²) in [5.74, 6) is 2.20. The van der Waals surface area contributed by atoms with Gasteiger partial charge in [-0.05, 0) is 43.7 Å². The Hall–Kier alpha value is -1.15. The minimum absolute atomic E-state index is 0.682. The van der Waals surface area contributed by atoms with Crippen LogP contribution in [0.1, 0.15) is 26.7 Å². The van der Waals surface area contributed by atoms with Crippen LogP contribution in [0, 0.1) is 11.8 Å². The van der Waals surface area contributed by atoms with Crippen LogP contribution in [0.4, 0.5) is 5.69 Å². The Kier molecular flexibility index (Phi) is 4.76. The number of allylic oxidation sites excluding steroid dienone is 2. The highest BCUT2D eigenvalue weighted by Gasteiger charge is 2.18. The van der Waals surface area contributed by atoms with Crippen molar-refractivity contribution in [3.05, 3.63) is 34.9 Å². The largest absolute Gasteiger partial charge is 0.497 e. The van der Waals surface area contributed by atoms with Crippen LogP contribution < -0.4 is 10.1 Å². The predicted molar refractivity (Wildman–Crippen MR) is 82.1 cm³/mol. The van der Waals surface area contributed by atoms with Gasteiger partial charge in [-0.1, -0.05) is 30.2 Å². The summed E-state index contributed by atoms with van der Waals surface area (Å²) in [6.07, 6.45) is 4.81. The number of anilines is 1. The van der Waals surface area contributed by atoms with Crippen molar-refractivity contribution in [1.29, 1.82) is 0 Å². The van der Waals surface area contributed by atoms with Gasteiger partial charge in [0.15, 0.2) is 0 Å². The topological polar surface area (TPSA) is 21.3 Å². The minimum atomic E-state index is 0.682. The van der Waals surface area contributed by atoms with E-state index in [9.17, 15) is 0 Å². The van der Waals surface area contributed by atoms with E-state index in [2.05, 4.69) is 25.2 Å². The van der Waals surface area contributed by atoms with Gasteiger partial charge in [0.25, 0.3) is 0 Å². The quantitative estimate of drug-likeness (QED) is 0.803. The van der Waals surface area contributed by atoms with Crippen molar-refractivity contribution in [3.8, 4) is 5.75 Å². The van der Waals surface area contributed by atoms with Crippen molar-refractivity contribution < 1.29 is 4.74 Å². The third-order valence-corrected chi connectivity index (χ3v) is 3.97. The molecule has 0 heterocycles. The molecule has 2 atom stereocenters. The van der Waals surface area contributed by atoms with E-state index in [0.29, 0.717) is 11.8 Å². The van der Waals surface area contributed by atoms with E-state index in [4.69, 9.17) is 16.3 Å². The Bertz CT molecular complexity index is 470. The van der Waals surface area contributed by atoms with Gasteiger partial charge < -0.3 is 10.1 Å². The number of benzene rings is 1. The first-order chi connectivity index (χ1) is 9.08. The first-order valence-electron chi connectivity index (χ1n) is 6.83. The summed E-state index contributed by atoms with van der Waals surface area (Å²) in [4.78, 5) is 0. The lowest BCUT2D eigenvalue weighted by atomic mass is 9.84. The molecule has 0 radical (unpaired) electrons. The smallest absolute Gasteiger partial charge is 0.121 e. The Morgan fingerprint density at radius 2 is 2.21 bits per heavy atom. The first kappa shape index (κ1) is 14.3. The maximum atomic E-state index is 6.20. The fourth-order valence-corrected chi connectivity index (χ4v) is 3.05. The summed E-state index contributed by atoms with van der Waals surface area (Å²) in [6.45, 7) is 5.47. The zero-order valence-electron chi connectivity index (χ0n) is 11.9. The molecule has 1 aliphatic rings. The average Bonchev–Trinajstić information content (AvgIpc) is 2.37. The number of halogens is 1. The van der Waals surface area contributed by atoms with E-state index >= 15 is 0 Å². The summed E-state index contributed by atoms with van der Waals surface area (Å²) >= 11 is 6.20. The number of nitrogens with one attached hydrogen (secondary N) is 1.